The fourth-order valence-electron chi connectivity index (χ4n) is 3.52. The Morgan fingerprint density at radius 2 is 1.93 bits per heavy atom. The maximum atomic E-state index is 14.4. The van der Waals surface area contributed by atoms with Gasteiger partial charge in [-0.2, -0.15) is 0 Å². The van der Waals surface area contributed by atoms with Crippen molar-refractivity contribution < 1.29 is 17.6 Å². The van der Waals surface area contributed by atoms with E-state index in [1.54, 1.807) is 6.07 Å². The van der Waals surface area contributed by atoms with Gasteiger partial charge in [0.1, 0.15) is 10.7 Å². The van der Waals surface area contributed by atoms with Crippen molar-refractivity contribution in [2.75, 3.05) is 11.5 Å². The summed E-state index contributed by atoms with van der Waals surface area (Å²) in [7, 11) is -3.25. The Bertz CT molecular complexity index is 1190. The first-order valence-electron chi connectivity index (χ1n) is 8.88. The Labute approximate surface area is 181 Å². The van der Waals surface area contributed by atoms with E-state index in [2.05, 4.69) is 0 Å². The first kappa shape index (κ1) is 20.6. The van der Waals surface area contributed by atoms with Gasteiger partial charge >= 0.3 is 0 Å². The van der Waals surface area contributed by atoms with E-state index < -0.39 is 27.6 Å². The van der Waals surface area contributed by atoms with Gasteiger partial charge in [-0.05, 0) is 24.6 Å². The number of hydrogen-bond donors (Lipinski definition) is 0. The normalized spacial score (nSPS) is 18.2. The van der Waals surface area contributed by atoms with Crippen LogP contribution in [0.5, 0.6) is 0 Å². The third-order valence-electron chi connectivity index (χ3n) is 5.03. The molecule has 0 radical (unpaired) electrons. The Morgan fingerprint density at radius 3 is 2.59 bits per heavy atom. The minimum absolute atomic E-state index is 0.00734. The number of nitrogens with zero attached hydrogens (tertiary/aromatic N) is 1. The lowest BCUT2D eigenvalue weighted by Gasteiger charge is -2.28. The van der Waals surface area contributed by atoms with E-state index in [0.717, 1.165) is 10.1 Å². The van der Waals surface area contributed by atoms with Crippen LogP contribution in [0, 0.1) is 5.82 Å². The van der Waals surface area contributed by atoms with Gasteiger partial charge < -0.3 is 4.90 Å². The highest BCUT2D eigenvalue weighted by Gasteiger charge is 2.37. The fraction of sp³-hybridized carbons (Fsp3) is 0.250. The standard InChI is InChI=1S/C20H16Cl2FNO3S2/c21-15-5-3-6-16(23)14(15)10-24(12-8-9-29(26,27)11-12)20(25)19-18(22)13-4-1-2-7-17(13)28-19/h1-7,12H,8-11H2. The second-order valence-electron chi connectivity index (χ2n) is 6.93. The summed E-state index contributed by atoms with van der Waals surface area (Å²) in [5.74, 6) is -1.13. The minimum atomic E-state index is -3.25. The van der Waals surface area contributed by atoms with Crippen LogP contribution in [0.25, 0.3) is 10.1 Å². The van der Waals surface area contributed by atoms with Gasteiger partial charge in [-0.3, -0.25) is 4.79 Å². The van der Waals surface area contributed by atoms with E-state index >= 15 is 0 Å². The molecule has 29 heavy (non-hydrogen) atoms. The maximum Gasteiger partial charge on any atom is 0.266 e. The summed E-state index contributed by atoms with van der Waals surface area (Å²) in [5.41, 5.74) is 0.157. The van der Waals surface area contributed by atoms with Crippen LogP contribution in [0.2, 0.25) is 10.0 Å². The Kier molecular flexibility index (Phi) is 5.59. The maximum absolute atomic E-state index is 14.4. The van der Waals surface area contributed by atoms with E-state index in [-0.39, 0.29) is 28.6 Å². The summed E-state index contributed by atoms with van der Waals surface area (Å²) in [4.78, 5) is 15.2. The summed E-state index contributed by atoms with van der Waals surface area (Å²) < 4.78 is 39.3. The SMILES string of the molecule is O=C(c1sc2ccccc2c1Cl)N(Cc1c(F)cccc1Cl)C1CCS(=O)(=O)C1. The zero-order chi connectivity index (χ0) is 20.8. The number of sulfone groups is 1. The topological polar surface area (TPSA) is 54.5 Å². The van der Waals surface area contributed by atoms with E-state index in [0.29, 0.717) is 16.3 Å². The number of rotatable bonds is 4. The van der Waals surface area contributed by atoms with Crippen LogP contribution in [0.4, 0.5) is 4.39 Å². The van der Waals surface area contributed by atoms with Crippen molar-refractivity contribution in [1.82, 2.24) is 4.90 Å². The van der Waals surface area contributed by atoms with Gasteiger partial charge in [0.15, 0.2) is 9.84 Å². The molecule has 0 spiro atoms. The summed E-state index contributed by atoms with van der Waals surface area (Å²) in [6.07, 6.45) is 0.294. The van der Waals surface area contributed by atoms with Crippen molar-refractivity contribution in [2.45, 2.75) is 19.0 Å². The van der Waals surface area contributed by atoms with Crippen LogP contribution in [0.1, 0.15) is 21.7 Å². The van der Waals surface area contributed by atoms with Crippen LogP contribution in [0.3, 0.4) is 0 Å². The average molecular weight is 472 g/mol. The summed E-state index contributed by atoms with van der Waals surface area (Å²) in [6, 6.07) is 11.1. The highest BCUT2D eigenvalue weighted by Crippen LogP contribution is 2.37. The number of amides is 1. The van der Waals surface area contributed by atoms with Crippen LogP contribution in [-0.4, -0.2) is 36.8 Å². The van der Waals surface area contributed by atoms with E-state index in [1.807, 2.05) is 24.3 Å². The van der Waals surface area contributed by atoms with Crippen molar-refractivity contribution in [3.05, 3.63) is 68.8 Å². The highest BCUT2D eigenvalue weighted by atomic mass is 35.5. The summed E-state index contributed by atoms with van der Waals surface area (Å²) >= 11 is 13.9. The molecule has 152 valence electrons. The first-order valence-corrected chi connectivity index (χ1v) is 12.3. The molecule has 1 amide bonds. The number of hydrogen-bond acceptors (Lipinski definition) is 4. The van der Waals surface area contributed by atoms with E-state index in [9.17, 15) is 17.6 Å². The lowest BCUT2D eigenvalue weighted by atomic mass is 10.1. The number of fused-ring (bicyclic) bond motifs is 1. The lowest BCUT2D eigenvalue weighted by Crippen LogP contribution is -2.40. The number of carbonyl (C=O) groups excluding carboxylic acids is 1. The van der Waals surface area contributed by atoms with Crippen molar-refractivity contribution in [2.24, 2.45) is 0 Å². The van der Waals surface area contributed by atoms with E-state index in [4.69, 9.17) is 23.2 Å². The monoisotopic (exact) mass is 471 g/mol. The number of benzene rings is 2. The zero-order valence-electron chi connectivity index (χ0n) is 15.1. The lowest BCUT2D eigenvalue weighted by molar-refractivity contribution is 0.0684. The predicted molar refractivity (Wildman–Crippen MR) is 115 cm³/mol. The molecular formula is C20H16Cl2FNO3S2. The minimum Gasteiger partial charge on any atom is -0.329 e. The van der Waals surface area contributed by atoms with Crippen molar-refractivity contribution >= 4 is 60.4 Å². The molecule has 1 atom stereocenters. The molecule has 1 unspecified atom stereocenters. The highest BCUT2D eigenvalue weighted by molar-refractivity contribution is 7.91. The molecule has 2 aromatic carbocycles. The molecule has 0 aliphatic carbocycles. The number of halogens is 3. The molecule has 1 aliphatic heterocycles. The van der Waals surface area contributed by atoms with Gasteiger partial charge in [-0.1, -0.05) is 47.5 Å². The molecule has 1 fully saturated rings. The van der Waals surface area contributed by atoms with Gasteiger partial charge in [0, 0.05) is 26.7 Å². The van der Waals surface area contributed by atoms with Gasteiger partial charge in [0.05, 0.1) is 23.1 Å². The Hall–Kier alpha value is -1.67. The average Bonchev–Trinajstić information content (AvgIpc) is 3.21. The first-order chi connectivity index (χ1) is 13.8. The van der Waals surface area contributed by atoms with Crippen molar-refractivity contribution in [3.63, 3.8) is 0 Å². The molecule has 1 aromatic heterocycles. The molecule has 1 aliphatic rings. The van der Waals surface area contributed by atoms with Crippen molar-refractivity contribution in [3.8, 4) is 0 Å². The fourth-order valence-corrected chi connectivity index (χ4v) is 6.95. The summed E-state index contributed by atoms with van der Waals surface area (Å²) in [6.45, 7) is -0.130. The Balaban J connectivity index is 1.77. The third kappa shape index (κ3) is 4.01. The molecule has 9 heteroatoms. The molecule has 4 rings (SSSR count). The summed E-state index contributed by atoms with van der Waals surface area (Å²) in [5, 5.41) is 1.26. The van der Waals surface area contributed by atoms with Crippen molar-refractivity contribution in [1.29, 1.82) is 0 Å². The Morgan fingerprint density at radius 1 is 1.17 bits per heavy atom. The molecule has 0 N–H and O–H groups in total. The van der Waals surface area contributed by atoms with Crippen LogP contribution < -0.4 is 0 Å². The smallest absolute Gasteiger partial charge is 0.266 e. The molecule has 2 heterocycles. The molecule has 4 nitrogen and oxygen atoms in total. The molecular weight excluding hydrogens is 456 g/mol. The van der Waals surface area contributed by atoms with E-state index in [1.165, 1.54) is 28.4 Å². The van der Waals surface area contributed by atoms with Gasteiger partial charge in [-0.15, -0.1) is 11.3 Å². The van der Waals surface area contributed by atoms with Gasteiger partial charge in [0.2, 0.25) is 0 Å². The molecule has 1 saturated heterocycles. The number of thiophene rings is 1. The molecule has 0 bridgehead atoms. The molecule has 3 aromatic rings. The second-order valence-corrected chi connectivity index (χ2v) is 11.0. The van der Waals surface area contributed by atoms with Crippen LogP contribution in [-0.2, 0) is 16.4 Å². The van der Waals surface area contributed by atoms with Gasteiger partial charge in [0.25, 0.3) is 5.91 Å². The second kappa shape index (κ2) is 7.87. The van der Waals surface area contributed by atoms with Gasteiger partial charge in [-0.25, -0.2) is 12.8 Å². The largest absolute Gasteiger partial charge is 0.329 e. The quantitative estimate of drug-likeness (QED) is 0.526. The number of carbonyl (C=O) groups is 1. The molecule has 0 saturated carbocycles. The third-order valence-corrected chi connectivity index (χ3v) is 8.80. The van der Waals surface area contributed by atoms with Crippen LogP contribution in [0.15, 0.2) is 42.5 Å². The predicted octanol–water partition coefficient (Wildman–Crippen LogP) is 5.18. The zero-order valence-corrected chi connectivity index (χ0v) is 18.2. The van der Waals surface area contributed by atoms with Crippen LogP contribution >= 0.6 is 34.5 Å².